The smallest absolute Gasteiger partial charge is 0.220 e. The lowest BCUT2D eigenvalue weighted by atomic mass is 10.0. The lowest BCUT2D eigenvalue weighted by Crippen LogP contribution is -2.45. The minimum atomic E-state index is -0.846. The molecule has 0 radical (unpaired) electrons. The highest BCUT2D eigenvalue weighted by Gasteiger charge is 2.18. The van der Waals surface area contributed by atoms with Crippen molar-refractivity contribution in [2.24, 2.45) is 0 Å². The van der Waals surface area contributed by atoms with Crippen LogP contribution in [-0.2, 0) is 4.79 Å². The summed E-state index contributed by atoms with van der Waals surface area (Å²) >= 11 is 0. The molecule has 0 aromatic heterocycles. The summed E-state index contributed by atoms with van der Waals surface area (Å²) in [4.78, 5) is 12.5. The zero-order valence-electron chi connectivity index (χ0n) is 43.4. The molecule has 0 aliphatic carbocycles. The molecule has 0 spiro atoms. The lowest BCUT2D eigenvalue weighted by molar-refractivity contribution is -0.123. The Labute approximate surface area is 410 Å². The monoisotopic (exact) mass is 914 g/mol. The molecule has 4 nitrogen and oxygen atoms in total. The lowest BCUT2D eigenvalue weighted by Gasteiger charge is -2.20. The second kappa shape index (κ2) is 56.4. The van der Waals surface area contributed by atoms with Crippen LogP contribution in [0.5, 0.6) is 0 Å². The number of carbonyl (C=O) groups excluding carboxylic acids is 1. The first-order valence-corrected chi connectivity index (χ1v) is 28.1. The molecule has 0 fully saturated rings. The molecule has 0 rings (SSSR count). The molecule has 66 heavy (non-hydrogen) atoms. The summed E-state index contributed by atoms with van der Waals surface area (Å²) in [6.45, 7) is 4.20. The molecular formula is C62H107NO3. The topological polar surface area (TPSA) is 69.6 Å². The van der Waals surface area contributed by atoms with E-state index in [2.05, 4.69) is 116 Å². The van der Waals surface area contributed by atoms with Gasteiger partial charge in [-0.15, -0.1) is 0 Å². The van der Waals surface area contributed by atoms with Gasteiger partial charge in [0.05, 0.1) is 18.8 Å². The Morgan fingerprint density at radius 1 is 0.379 bits per heavy atom. The summed E-state index contributed by atoms with van der Waals surface area (Å²) in [7, 11) is 0. The highest BCUT2D eigenvalue weighted by atomic mass is 16.3. The van der Waals surface area contributed by atoms with Crippen molar-refractivity contribution in [3.63, 3.8) is 0 Å². The van der Waals surface area contributed by atoms with Gasteiger partial charge in [-0.3, -0.25) is 4.79 Å². The minimum Gasteiger partial charge on any atom is -0.394 e. The van der Waals surface area contributed by atoms with E-state index in [0.29, 0.717) is 6.42 Å². The van der Waals surface area contributed by atoms with E-state index in [4.69, 9.17) is 0 Å². The highest BCUT2D eigenvalue weighted by molar-refractivity contribution is 5.76. The number of nitrogens with one attached hydrogen (secondary N) is 1. The van der Waals surface area contributed by atoms with E-state index in [1.165, 1.54) is 161 Å². The standard InChI is InChI=1S/C62H107NO3/c1-3-5-7-9-11-13-15-17-19-21-22-23-24-25-26-27-28-29-30-31-32-33-34-35-36-37-38-39-40-42-44-46-48-50-52-54-56-58-62(66)63-60(59-64)61(65)57-55-53-51-49-47-45-43-41-20-18-16-14-12-10-8-6-4-2/h5,7,11,13,17,19,22-23,25-26,28-29,31-32,34-35,55,57,60-61,64-65H,3-4,6,8-10,12,14-16,18,20-21,24,27,30,33,36-54,56,58-59H2,1-2H3,(H,63,66)/b7-5-,13-11-,19-17-,23-22-,26-25-,29-28-,32-31-,35-34-,57-55+. The maximum Gasteiger partial charge on any atom is 0.220 e. The van der Waals surface area contributed by atoms with Gasteiger partial charge in [0.25, 0.3) is 0 Å². The van der Waals surface area contributed by atoms with Crippen LogP contribution in [0.3, 0.4) is 0 Å². The number of unbranched alkanes of at least 4 members (excludes halogenated alkanes) is 27. The molecule has 0 heterocycles. The summed E-state index contributed by atoms with van der Waals surface area (Å²) in [5.74, 6) is -0.0690. The van der Waals surface area contributed by atoms with Gasteiger partial charge in [0.1, 0.15) is 0 Å². The number of allylic oxidation sites excluding steroid dienone is 17. The Kier molecular flexibility index (Phi) is 53.9. The zero-order chi connectivity index (χ0) is 47.7. The molecule has 0 aliphatic rings. The number of hydrogen-bond donors (Lipinski definition) is 3. The Morgan fingerprint density at radius 2 is 0.667 bits per heavy atom. The minimum absolute atomic E-state index is 0.0690. The van der Waals surface area contributed by atoms with Gasteiger partial charge < -0.3 is 15.5 Å². The zero-order valence-corrected chi connectivity index (χ0v) is 43.4. The fourth-order valence-electron chi connectivity index (χ4n) is 8.02. The van der Waals surface area contributed by atoms with E-state index in [1.807, 2.05) is 6.08 Å². The molecule has 0 aromatic carbocycles. The third-order valence-corrected chi connectivity index (χ3v) is 12.3. The van der Waals surface area contributed by atoms with Gasteiger partial charge in [0, 0.05) is 6.42 Å². The van der Waals surface area contributed by atoms with Crippen LogP contribution in [-0.4, -0.2) is 34.9 Å². The van der Waals surface area contributed by atoms with Crippen molar-refractivity contribution in [1.29, 1.82) is 0 Å². The number of rotatable bonds is 50. The SMILES string of the molecule is CC/C=C\C/C=C\C/C=C\C/C=C\C/C=C\C/C=C\C/C=C\C/C=C\CCCCCCCCCCCCCCC(=O)NC(CO)C(O)/C=C/CCCCCCCCCCCCCCCCC. The highest BCUT2D eigenvalue weighted by Crippen LogP contribution is 2.16. The van der Waals surface area contributed by atoms with Crippen LogP contribution >= 0.6 is 0 Å². The molecule has 0 aliphatic heterocycles. The van der Waals surface area contributed by atoms with Gasteiger partial charge in [-0.05, 0) is 83.5 Å². The number of amides is 1. The van der Waals surface area contributed by atoms with E-state index in [-0.39, 0.29) is 12.5 Å². The molecule has 0 bridgehead atoms. The third-order valence-electron chi connectivity index (χ3n) is 12.3. The van der Waals surface area contributed by atoms with Crippen molar-refractivity contribution >= 4 is 5.91 Å². The number of aliphatic hydroxyl groups is 2. The van der Waals surface area contributed by atoms with Crippen molar-refractivity contribution in [2.75, 3.05) is 6.61 Å². The predicted octanol–water partition coefficient (Wildman–Crippen LogP) is 18.7. The van der Waals surface area contributed by atoms with Gasteiger partial charge in [0.15, 0.2) is 0 Å². The van der Waals surface area contributed by atoms with Crippen molar-refractivity contribution in [1.82, 2.24) is 5.32 Å². The Morgan fingerprint density at radius 3 is 1.00 bits per heavy atom. The molecule has 0 saturated carbocycles. The van der Waals surface area contributed by atoms with E-state index >= 15 is 0 Å². The van der Waals surface area contributed by atoms with E-state index in [0.717, 1.165) is 77.0 Å². The summed E-state index contributed by atoms with van der Waals surface area (Å²) in [6.07, 6.45) is 85.2. The molecule has 4 heteroatoms. The molecule has 3 N–H and O–H groups in total. The van der Waals surface area contributed by atoms with Gasteiger partial charge in [-0.1, -0.05) is 277 Å². The molecule has 0 saturated heterocycles. The van der Waals surface area contributed by atoms with E-state index in [1.54, 1.807) is 6.08 Å². The largest absolute Gasteiger partial charge is 0.394 e. The second-order valence-electron chi connectivity index (χ2n) is 18.6. The maximum absolute atomic E-state index is 12.5. The normalized spacial score (nSPS) is 13.7. The summed E-state index contributed by atoms with van der Waals surface area (Å²) in [6, 6.07) is -0.629. The van der Waals surface area contributed by atoms with E-state index in [9.17, 15) is 15.0 Å². The van der Waals surface area contributed by atoms with Crippen LogP contribution in [0.2, 0.25) is 0 Å². The van der Waals surface area contributed by atoms with Crippen LogP contribution in [0.15, 0.2) is 109 Å². The summed E-state index contributed by atoms with van der Waals surface area (Å²) in [5, 5.41) is 23.1. The predicted molar refractivity (Wildman–Crippen MR) is 294 cm³/mol. The van der Waals surface area contributed by atoms with Crippen LogP contribution in [0, 0.1) is 0 Å². The maximum atomic E-state index is 12.5. The first-order valence-electron chi connectivity index (χ1n) is 28.1. The van der Waals surface area contributed by atoms with Crippen LogP contribution in [0.4, 0.5) is 0 Å². The Hall–Kier alpha value is -2.95. The third kappa shape index (κ3) is 52.0. The fraction of sp³-hybridized carbons (Fsp3) is 0.694. The molecule has 0 aromatic rings. The average molecular weight is 915 g/mol. The Balaban J connectivity index is 3.57. The van der Waals surface area contributed by atoms with Crippen molar-refractivity contribution in [2.45, 2.75) is 270 Å². The molecule has 1 amide bonds. The van der Waals surface area contributed by atoms with Crippen molar-refractivity contribution in [3.8, 4) is 0 Å². The Bertz CT molecular complexity index is 1270. The fourth-order valence-corrected chi connectivity index (χ4v) is 8.02. The first-order chi connectivity index (χ1) is 32.7. The first kappa shape index (κ1) is 63.0. The van der Waals surface area contributed by atoms with Gasteiger partial charge in [-0.25, -0.2) is 0 Å². The summed E-state index contributed by atoms with van der Waals surface area (Å²) in [5.41, 5.74) is 0. The molecule has 378 valence electrons. The summed E-state index contributed by atoms with van der Waals surface area (Å²) < 4.78 is 0. The number of carbonyl (C=O) groups is 1. The van der Waals surface area contributed by atoms with Crippen molar-refractivity contribution in [3.05, 3.63) is 109 Å². The molecule has 2 unspecified atom stereocenters. The van der Waals surface area contributed by atoms with Crippen LogP contribution in [0.25, 0.3) is 0 Å². The number of aliphatic hydroxyl groups excluding tert-OH is 2. The average Bonchev–Trinajstić information content (AvgIpc) is 3.32. The van der Waals surface area contributed by atoms with Gasteiger partial charge in [-0.2, -0.15) is 0 Å². The van der Waals surface area contributed by atoms with Crippen LogP contribution < -0.4 is 5.32 Å². The van der Waals surface area contributed by atoms with Gasteiger partial charge in [0.2, 0.25) is 5.91 Å². The molecular weight excluding hydrogens is 807 g/mol. The quantitative estimate of drug-likeness (QED) is 0.0421. The molecule has 2 atom stereocenters. The second-order valence-corrected chi connectivity index (χ2v) is 18.6. The number of hydrogen-bond acceptors (Lipinski definition) is 3. The van der Waals surface area contributed by atoms with Gasteiger partial charge >= 0.3 is 0 Å². The van der Waals surface area contributed by atoms with Crippen molar-refractivity contribution < 1.29 is 15.0 Å². The van der Waals surface area contributed by atoms with Crippen LogP contribution in [0.1, 0.15) is 258 Å². The van der Waals surface area contributed by atoms with E-state index < -0.39 is 12.1 Å².